The molecule has 3 rings (SSSR count). The lowest BCUT2D eigenvalue weighted by atomic mass is 10.1. The van der Waals surface area contributed by atoms with Crippen molar-refractivity contribution in [3.63, 3.8) is 0 Å². The topological polar surface area (TPSA) is 102 Å². The van der Waals surface area contributed by atoms with E-state index in [9.17, 15) is 0 Å². The highest BCUT2D eigenvalue weighted by Crippen LogP contribution is 2.25. The molecule has 0 bridgehead atoms. The average molecular weight is 246 g/mol. The van der Waals surface area contributed by atoms with Gasteiger partial charge in [0.1, 0.15) is 5.82 Å². The van der Waals surface area contributed by atoms with Gasteiger partial charge in [-0.2, -0.15) is 10.1 Å². The van der Waals surface area contributed by atoms with Gasteiger partial charge in [0.25, 0.3) is 0 Å². The Morgan fingerprint density at radius 2 is 2.39 bits per heavy atom. The fourth-order valence-electron chi connectivity index (χ4n) is 1.96. The van der Waals surface area contributed by atoms with Gasteiger partial charge in [0.05, 0.1) is 6.61 Å². The summed E-state index contributed by atoms with van der Waals surface area (Å²) in [6.07, 6.45) is 2.63. The molecule has 0 radical (unpaired) electrons. The summed E-state index contributed by atoms with van der Waals surface area (Å²) in [5.41, 5.74) is 6.59. The Bertz CT molecular complexity index is 534. The van der Waals surface area contributed by atoms with Gasteiger partial charge in [-0.1, -0.05) is 0 Å². The number of nitrogens with zero attached hydrogens (tertiary/aromatic N) is 3. The zero-order valence-corrected chi connectivity index (χ0v) is 9.76. The molecule has 94 valence electrons. The van der Waals surface area contributed by atoms with Crippen LogP contribution in [0.1, 0.15) is 18.0 Å². The molecule has 0 saturated carbocycles. The normalized spacial score (nSPS) is 19.0. The molecule has 18 heavy (non-hydrogen) atoms. The number of hydrogen-bond donors (Lipinski definition) is 3. The zero-order chi connectivity index (χ0) is 12.4. The van der Waals surface area contributed by atoms with E-state index in [0.29, 0.717) is 11.7 Å². The Morgan fingerprint density at radius 3 is 3.17 bits per heavy atom. The molecule has 0 aliphatic carbocycles. The van der Waals surface area contributed by atoms with Crippen molar-refractivity contribution in [2.24, 2.45) is 0 Å². The van der Waals surface area contributed by atoms with Crippen LogP contribution in [-0.2, 0) is 4.74 Å². The van der Waals surface area contributed by atoms with Crippen LogP contribution < -0.4 is 11.1 Å². The van der Waals surface area contributed by atoms with Gasteiger partial charge in [-0.25, -0.2) is 4.98 Å². The van der Waals surface area contributed by atoms with Crippen LogP contribution in [0.5, 0.6) is 0 Å². The molecular weight excluding hydrogens is 232 g/mol. The lowest BCUT2D eigenvalue weighted by molar-refractivity contribution is 0.193. The summed E-state index contributed by atoms with van der Waals surface area (Å²) in [7, 11) is 0. The quantitative estimate of drug-likeness (QED) is 0.747. The van der Waals surface area contributed by atoms with E-state index in [0.717, 1.165) is 31.1 Å². The number of nitrogens with two attached hydrogens (primary N) is 1. The second kappa shape index (κ2) is 4.61. The second-order valence-electron chi connectivity index (χ2n) is 4.19. The summed E-state index contributed by atoms with van der Waals surface area (Å²) in [4.78, 5) is 7.88. The van der Waals surface area contributed by atoms with Crippen molar-refractivity contribution >= 4 is 17.6 Å². The first-order chi connectivity index (χ1) is 8.81. The van der Waals surface area contributed by atoms with E-state index in [1.165, 1.54) is 0 Å². The van der Waals surface area contributed by atoms with Gasteiger partial charge >= 0.3 is 0 Å². The predicted molar refractivity (Wildman–Crippen MR) is 66.5 cm³/mol. The smallest absolute Gasteiger partial charge is 0.221 e. The number of hydrogen-bond acceptors (Lipinski definition) is 6. The molecule has 0 aromatic carbocycles. The van der Waals surface area contributed by atoms with Gasteiger partial charge in [-0.15, -0.1) is 0 Å². The summed E-state index contributed by atoms with van der Waals surface area (Å²) in [6.45, 7) is 1.57. The molecule has 1 unspecified atom stereocenters. The van der Waals surface area contributed by atoms with E-state index in [4.69, 9.17) is 10.5 Å². The largest absolute Gasteiger partial charge is 0.381 e. The lowest BCUT2D eigenvalue weighted by Gasteiger charge is -2.02. The highest BCUT2D eigenvalue weighted by molar-refractivity contribution is 5.52. The maximum absolute atomic E-state index is 5.51. The van der Waals surface area contributed by atoms with Crippen LogP contribution in [0.4, 0.5) is 17.6 Å². The van der Waals surface area contributed by atoms with Crippen molar-refractivity contribution in [3.05, 3.63) is 24.0 Å². The minimum absolute atomic E-state index is 0.236. The molecule has 1 fully saturated rings. The summed E-state index contributed by atoms with van der Waals surface area (Å²) < 4.78 is 5.35. The molecule has 0 amide bonds. The zero-order valence-electron chi connectivity index (χ0n) is 9.76. The number of ether oxygens (including phenoxy) is 1. The Hall–Kier alpha value is -2.15. The number of anilines is 3. The van der Waals surface area contributed by atoms with E-state index in [1.807, 2.05) is 6.07 Å². The van der Waals surface area contributed by atoms with E-state index >= 15 is 0 Å². The molecule has 1 atom stereocenters. The Labute approximate surface area is 104 Å². The third-order valence-electron chi connectivity index (χ3n) is 2.90. The van der Waals surface area contributed by atoms with Crippen LogP contribution in [0.3, 0.4) is 0 Å². The molecule has 0 spiro atoms. The van der Waals surface area contributed by atoms with Crippen LogP contribution in [0.25, 0.3) is 0 Å². The molecule has 7 nitrogen and oxygen atoms in total. The molecule has 2 aromatic rings. The van der Waals surface area contributed by atoms with Crippen LogP contribution >= 0.6 is 0 Å². The SMILES string of the molecule is Nc1nccc(Nc2cc(C3CCOC3)[nH]n2)n1. The third-order valence-corrected chi connectivity index (χ3v) is 2.90. The standard InChI is InChI=1S/C11H14N6O/c12-11-13-3-1-9(15-11)14-10-5-8(16-17-10)7-2-4-18-6-7/h1,3,5,7H,2,4,6H2,(H4,12,13,14,15,16,17). The summed E-state index contributed by atoms with van der Waals surface area (Å²) in [5.74, 6) is 1.99. The van der Waals surface area contributed by atoms with Crippen molar-refractivity contribution in [2.75, 3.05) is 24.3 Å². The number of nitrogen functional groups attached to an aromatic ring is 1. The van der Waals surface area contributed by atoms with E-state index in [1.54, 1.807) is 12.3 Å². The first kappa shape index (κ1) is 11.0. The van der Waals surface area contributed by atoms with E-state index < -0.39 is 0 Å². The Morgan fingerprint density at radius 1 is 1.44 bits per heavy atom. The van der Waals surface area contributed by atoms with Crippen LogP contribution in [0.2, 0.25) is 0 Å². The minimum atomic E-state index is 0.236. The van der Waals surface area contributed by atoms with Crippen molar-refractivity contribution in [1.82, 2.24) is 20.2 Å². The summed E-state index contributed by atoms with van der Waals surface area (Å²) >= 11 is 0. The van der Waals surface area contributed by atoms with Crippen LogP contribution in [0.15, 0.2) is 18.3 Å². The van der Waals surface area contributed by atoms with Gasteiger partial charge in [0.2, 0.25) is 5.95 Å². The monoisotopic (exact) mass is 246 g/mol. The fourth-order valence-corrected chi connectivity index (χ4v) is 1.96. The number of rotatable bonds is 3. The first-order valence-electron chi connectivity index (χ1n) is 5.80. The van der Waals surface area contributed by atoms with E-state index in [-0.39, 0.29) is 5.95 Å². The first-order valence-corrected chi connectivity index (χ1v) is 5.80. The predicted octanol–water partition coefficient (Wildman–Crippen LogP) is 1.03. The summed E-state index contributed by atoms with van der Waals surface area (Å²) in [6, 6.07) is 3.71. The molecule has 2 aromatic heterocycles. The fraction of sp³-hybridized carbons (Fsp3) is 0.364. The highest BCUT2D eigenvalue weighted by atomic mass is 16.5. The van der Waals surface area contributed by atoms with Crippen molar-refractivity contribution in [2.45, 2.75) is 12.3 Å². The van der Waals surface area contributed by atoms with Gasteiger partial charge in [0.15, 0.2) is 5.82 Å². The number of aromatic amines is 1. The van der Waals surface area contributed by atoms with Gasteiger partial charge in [-0.05, 0) is 12.5 Å². The molecule has 7 heteroatoms. The Balaban J connectivity index is 1.73. The van der Waals surface area contributed by atoms with Crippen molar-refractivity contribution < 1.29 is 4.74 Å². The van der Waals surface area contributed by atoms with Crippen LogP contribution in [0, 0.1) is 0 Å². The second-order valence-corrected chi connectivity index (χ2v) is 4.19. The minimum Gasteiger partial charge on any atom is -0.381 e. The Kier molecular flexibility index (Phi) is 2.81. The summed E-state index contributed by atoms with van der Waals surface area (Å²) in [5, 5.41) is 10.3. The highest BCUT2D eigenvalue weighted by Gasteiger charge is 2.19. The van der Waals surface area contributed by atoms with Crippen molar-refractivity contribution in [3.8, 4) is 0 Å². The van der Waals surface area contributed by atoms with Gasteiger partial charge in [0, 0.05) is 30.5 Å². The number of nitrogens with one attached hydrogen (secondary N) is 2. The van der Waals surface area contributed by atoms with Crippen LogP contribution in [-0.4, -0.2) is 33.4 Å². The lowest BCUT2D eigenvalue weighted by Crippen LogP contribution is -1.99. The van der Waals surface area contributed by atoms with Gasteiger partial charge < -0.3 is 15.8 Å². The van der Waals surface area contributed by atoms with Gasteiger partial charge in [-0.3, -0.25) is 5.10 Å². The maximum atomic E-state index is 5.51. The number of H-pyrrole nitrogens is 1. The molecule has 1 aliphatic rings. The molecule has 4 N–H and O–H groups in total. The maximum Gasteiger partial charge on any atom is 0.221 e. The van der Waals surface area contributed by atoms with Crippen molar-refractivity contribution in [1.29, 1.82) is 0 Å². The molecule has 1 saturated heterocycles. The third kappa shape index (κ3) is 2.25. The molecule has 3 heterocycles. The average Bonchev–Trinajstić information content (AvgIpc) is 2.98. The van der Waals surface area contributed by atoms with E-state index in [2.05, 4.69) is 25.5 Å². The molecular formula is C11H14N6O. The molecule has 1 aliphatic heterocycles. The number of aromatic nitrogens is 4.